The maximum atomic E-state index is 5.62. The van der Waals surface area contributed by atoms with E-state index in [1.54, 1.807) is 19.5 Å². The van der Waals surface area contributed by atoms with Crippen LogP contribution in [0.5, 0.6) is 0 Å². The molecule has 2 N–H and O–H groups in total. The van der Waals surface area contributed by atoms with Gasteiger partial charge in [-0.3, -0.25) is 4.98 Å². The van der Waals surface area contributed by atoms with E-state index >= 15 is 0 Å². The Bertz CT molecular complexity index is 1100. The number of hydrogen-bond donors (Lipinski definition) is 1. The van der Waals surface area contributed by atoms with Crippen molar-refractivity contribution in [2.45, 2.75) is 12.3 Å². The van der Waals surface area contributed by atoms with E-state index in [9.17, 15) is 0 Å². The minimum Gasteiger partial charge on any atom is -0.383 e. The zero-order valence-corrected chi connectivity index (χ0v) is 16.3. The second kappa shape index (κ2) is 7.05. The van der Waals surface area contributed by atoms with Gasteiger partial charge in [0.05, 0.1) is 17.7 Å². The fourth-order valence-electron chi connectivity index (χ4n) is 3.74. The lowest BCUT2D eigenvalue weighted by Crippen LogP contribution is -2.30. The molecule has 28 heavy (non-hydrogen) atoms. The molecule has 1 atom stereocenters. The molecular formula is C22H23N5O. The van der Waals surface area contributed by atoms with Crippen molar-refractivity contribution in [3.8, 4) is 11.1 Å². The lowest BCUT2D eigenvalue weighted by atomic mass is 9.79. The number of aromatic nitrogens is 4. The largest absolute Gasteiger partial charge is 0.383 e. The van der Waals surface area contributed by atoms with E-state index in [4.69, 9.17) is 15.5 Å². The zero-order valence-electron chi connectivity index (χ0n) is 16.3. The molecule has 0 bridgehead atoms. The molecule has 0 aliphatic heterocycles. The van der Waals surface area contributed by atoms with Crippen LogP contribution in [0.1, 0.15) is 18.2 Å². The maximum Gasteiger partial charge on any atom is 0.219 e. The Kier molecular flexibility index (Phi) is 4.57. The molecule has 4 aromatic rings. The van der Waals surface area contributed by atoms with E-state index < -0.39 is 0 Å². The van der Waals surface area contributed by atoms with Crippen LogP contribution >= 0.6 is 0 Å². The Morgan fingerprint density at radius 2 is 1.71 bits per heavy atom. The number of anilines is 1. The average molecular weight is 373 g/mol. The summed E-state index contributed by atoms with van der Waals surface area (Å²) in [5.74, 6) is 0.261. The number of pyridine rings is 1. The number of fused-ring (bicyclic) bond motifs is 1. The molecule has 6 nitrogen and oxygen atoms in total. The van der Waals surface area contributed by atoms with Crippen LogP contribution in [-0.4, -0.2) is 33.2 Å². The molecule has 0 aliphatic rings. The second-order valence-electron chi connectivity index (χ2n) is 7.20. The Morgan fingerprint density at radius 3 is 2.39 bits per heavy atom. The highest BCUT2D eigenvalue weighted by molar-refractivity contribution is 5.85. The molecule has 4 rings (SSSR count). The number of ether oxygens (including phenoxy) is 1. The summed E-state index contributed by atoms with van der Waals surface area (Å²) in [5, 5.41) is 1.21. The lowest BCUT2D eigenvalue weighted by molar-refractivity contribution is 0.154. The molecule has 0 radical (unpaired) electrons. The number of para-hydroxylation sites is 1. The van der Waals surface area contributed by atoms with Gasteiger partial charge in [0.1, 0.15) is 0 Å². The molecule has 0 spiro atoms. The molecule has 3 heterocycles. The van der Waals surface area contributed by atoms with Crippen molar-refractivity contribution in [2.24, 2.45) is 7.05 Å². The summed E-state index contributed by atoms with van der Waals surface area (Å²) in [6.45, 7) is 2.70. The first-order chi connectivity index (χ1) is 13.5. The highest BCUT2D eigenvalue weighted by Crippen LogP contribution is 2.37. The first kappa shape index (κ1) is 18.1. The van der Waals surface area contributed by atoms with Gasteiger partial charge in [0.25, 0.3) is 0 Å². The first-order valence-corrected chi connectivity index (χ1v) is 9.11. The van der Waals surface area contributed by atoms with Crippen LogP contribution in [-0.2, 0) is 17.2 Å². The third-order valence-electron chi connectivity index (χ3n) is 5.26. The zero-order chi connectivity index (χ0) is 19.7. The number of nitrogens with two attached hydrogens (primary N) is 1. The van der Waals surface area contributed by atoms with Gasteiger partial charge in [-0.1, -0.05) is 24.3 Å². The van der Waals surface area contributed by atoms with Gasteiger partial charge in [0.15, 0.2) is 0 Å². The summed E-state index contributed by atoms with van der Waals surface area (Å²) in [5.41, 5.74) is 10.4. The Hall–Kier alpha value is -3.25. The van der Waals surface area contributed by atoms with Crippen LogP contribution in [0.2, 0.25) is 0 Å². The van der Waals surface area contributed by atoms with Gasteiger partial charge in [-0.15, -0.1) is 0 Å². The summed E-state index contributed by atoms with van der Waals surface area (Å²) in [6.07, 6.45) is 7.44. The number of rotatable bonds is 5. The number of methoxy groups -OCH3 is 1. The van der Waals surface area contributed by atoms with Gasteiger partial charge in [-0.2, -0.15) is 0 Å². The van der Waals surface area contributed by atoms with Crippen LogP contribution in [0.3, 0.4) is 0 Å². The standard InChI is InChI=1S/C22H23N5O/c1-22(14-28-3,18-13-27(2)19-7-5-4-6-17(18)19)20-9-8-15(10-24-20)16-11-25-21(23)26-12-16/h4-13H,14H2,1-3H3,(H2,23,25,26). The van der Waals surface area contributed by atoms with Crippen molar-refractivity contribution in [1.82, 2.24) is 19.5 Å². The minimum absolute atomic E-state index is 0.261. The number of benzene rings is 1. The number of nitrogens with zero attached hydrogens (tertiary/aromatic N) is 4. The highest BCUT2D eigenvalue weighted by Gasteiger charge is 2.33. The highest BCUT2D eigenvalue weighted by atomic mass is 16.5. The summed E-state index contributed by atoms with van der Waals surface area (Å²) >= 11 is 0. The molecule has 3 aromatic heterocycles. The van der Waals surface area contributed by atoms with Crippen LogP contribution in [0.15, 0.2) is 61.2 Å². The van der Waals surface area contributed by atoms with E-state index in [1.807, 2.05) is 18.3 Å². The molecule has 0 fully saturated rings. The fourth-order valence-corrected chi connectivity index (χ4v) is 3.74. The molecule has 0 amide bonds. The van der Waals surface area contributed by atoms with Gasteiger partial charge in [0.2, 0.25) is 5.95 Å². The van der Waals surface area contributed by atoms with Crippen molar-refractivity contribution in [1.29, 1.82) is 0 Å². The molecule has 1 aromatic carbocycles. The Labute approximate surface area is 164 Å². The van der Waals surface area contributed by atoms with E-state index in [-0.39, 0.29) is 11.4 Å². The van der Waals surface area contributed by atoms with Crippen LogP contribution in [0.4, 0.5) is 5.95 Å². The third-order valence-corrected chi connectivity index (χ3v) is 5.26. The first-order valence-electron chi connectivity index (χ1n) is 9.11. The van der Waals surface area contributed by atoms with Crippen LogP contribution in [0.25, 0.3) is 22.0 Å². The number of aryl methyl sites for hydroxylation is 1. The molecule has 0 saturated carbocycles. The SMILES string of the molecule is COCC(C)(c1ccc(-c2cnc(N)nc2)cn1)c1cn(C)c2ccccc12. The fraction of sp³-hybridized carbons (Fsp3) is 0.227. The van der Waals surface area contributed by atoms with Crippen molar-refractivity contribution in [3.63, 3.8) is 0 Å². The van der Waals surface area contributed by atoms with Crippen molar-refractivity contribution < 1.29 is 4.74 Å². The predicted molar refractivity (Wildman–Crippen MR) is 111 cm³/mol. The van der Waals surface area contributed by atoms with Gasteiger partial charge in [-0.25, -0.2) is 9.97 Å². The van der Waals surface area contributed by atoms with Gasteiger partial charge >= 0.3 is 0 Å². The summed E-state index contributed by atoms with van der Waals surface area (Å²) < 4.78 is 7.77. The maximum absolute atomic E-state index is 5.62. The summed E-state index contributed by atoms with van der Waals surface area (Å²) in [6, 6.07) is 12.5. The van der Waals surface area contributed by atoms with Gasteiger partial charge in [0, 0.05) is 61.0 Å². The predicted octanol–water partition coefficient (Wildman–Crippen LogP) is 3.56. The quantitative estimate of drug-likeness (QED) is 0.579. The summed E-state index contributed by atoms with van der Waals surface area (Å²) in [4.78, 5) is 12.9. The minimum atomic E-state index is -0.383. The monoisotopic (exact) mass is 373 g/mol. The summed E-state index contributed by atoms with van der Waals surface area (Å²) in [7, 11) is 3.79. The van der Waals surface area contributed by atoms with E-state index in [0.717, 1.165) is 16.8 Å². The van der Waals surface area contributed by atoms with Gasteiger partial charge < -0.3 is 15.0 Å². The van der Waals surface area contributed by atoms with E-state index in [0.29, 0.717) is 6.61 Å². The van der Waals surface area contributed by atoms with E-state index in [1.165, 1.54) is 16.5 Å². The topological polar surface area (TPSA) is 78.8 Å². The number of hydrogen-bond acceptors (Lipinski definition) is 5. The molecule has 142 valence electrons. The molecule has 0 aliphatic carbocycles. The van der Waals surface area contributed by atoms with E-state index in [2.05, 4.69) is 59.0 Å². The van der Waals surface area contributed by atoms with Crippen LogP contribution in [0, 0.1) is 0 Å². The van der Waals surface area contributed by atoms with Crippen molar-refractivity contribution >= 4 is 16.9 Å². The Morgan fingerprint density at radius 1 is 1.00 bits per heavy atom. The smallest absolute Gasteiger partial charge is 0.219 e. The molecule has 6 heteroatoms. The molecular weight excluding hydrogens is 350 g/mol. The third kappa shape index (κ3) is 3.01. The lowest BCUT2D eigenvalue weighted by Gasteiger charge is -2.28. The second-order valence-corrected chi connectivity index (χ2v) is 7.20. The van der Waals surface area contributed by atoms with Crippen molar-refractivity contribution in [3.05, 3.63) is 72.4 Å². The van der Waals surface area contributed by atoms with Crippen molar-refractivity contribution in [2.75, 3.05) is 19.5 Å². The molecule has 0 saturated heterocycles. The Balaban J connectivity index is 1.79. The number of nitrogen functional groups attached to an aromatic ring is 1. The van der Waals surface area contributed by atoms with Gasteiger partial charge in [-0.05, 0) is 24.6 Å². The normalized spacial score (nSPS) is 13.5. The average Bonchev–Trinajstić information content (AvgIpc) is 3.06. The molecule has 1 unspecified atom stereocenters. The van der Waals surface area contributed by atoms with Crippen LogP contribution < -0.4 is 5.73 Å².